The predicted octanol–water partition coefficient (Wildman–Crippen LogP) is 3.23. The Morgan fingerprint density at radius 2 is 2.10 bits per heavy atom. The zero-order valence-electron chi connectivity index (χ0n) is 13.5. The van der Waals surface area contributed by atoms with Gasteiger partial charge in [0.15, 0.2) is 5.96 Å². The summed E-state index contributed by atoms with van der Waals surface area (Å²) in [5.74, 6) is 0.901. The van der Waals surface area contributed by atoms with Crippen molar-refractivity contribution in [3.63, 3.8) is 0 Å². The van der Waals surface area contributed by atoms with E-state index in [1.165, 1.54) is 9.88 Å². The monoisotopic (exact) mass is 442 g/mol. The molecule has 1 unspecified atom stereocenters. The van der Waals surface area contributed by atoms with Gasteiger partial charge in [0.1, 0.15) is 0 Å². The van der Waals surface area contributed by atoms with Crippen LogP contribution in [-0.2, 0) is 6.42 Å². The first kappa shape index (κ1) is 21.0. The number of nitrogens with zero attached hydrogens (tertiary/aromatic N) is 2. The topological polar surface area (TPSA) is 49.3 Å². The molecule has 0 radical (unpaired) electrons. The molecule has 1 aromatic heterocycles. The Hall–Kier alpha value is -0.0200. The molecule has 0 aliphatic heterocycles. The number of aliphatic imine (C=N–C) groups is 1. The smallest absolute Gasteiger partial charge is 0.191 e. The number of hydrogen-bond donors (Lipinski definition) is 2. The van der Waals surface area contributed by atoms with Gasteiger partial charge >= 0.3 is 0 Å². The van der Waals surface area contributed by atoms with E-state index in [2.05, 4.69) is 54.6 Å². The third-order valence-corrected chi connectivity index (χ3v) is 5.04. The molecule has 0 fully saturated rings. The normalized spacial score (nSPS) is 12.7. The van der Waals surface area contributed by atoms with Crippen LogP contribution in [0.1, 0.15) is 29.4 Å². The Morgan fingerprint density at radius 1 is 1.38 bits per heavy atom. The van der Waals surface area contributed by atoms with Gasteiger partial charge in [-0.15, -0.1) is 35.3 Å². The van der Waals surface area contributed by atoms with Gasteiger partial charge in [-0.05, 0) is 27.0 Å². The number of thioether (sulfide) groups is 1. The summed E-state index contributed by atoms with van der Waals surface area (Å²) in [4.78, 5) is 10.5. The number of thiazole rings is 1. The summed E-state index contributed by atoms with van der Waals surface area (Å²) in [6.45, 7) is 11.1. The number of hydrogen-bond acceptors (Lipinski definition) is 4. The van der Waals surface area contributed by atoms with E-state index in [4.69, 9.17) is 0 Å². The van der Waals surface area contributed by atoms with Crippen LogP contribution in [0.2, 0.25) is 0 Å². The summed E-state index contributed by atoms with van der Waals surface area (Å²) in [6, 6.07) is 0. The zero-order valence-corrected chi connectivity index (χ0v) is 17.5. The highest BCUT2D eigenvalue weighted by Gasteiger charge is 2.04. The maximum Gasteiger partial charge on any atom is 0.191 e. The number of aromatic nitrogens is 1. The van der Waals surface area contributed by atoms with Gasteiger partial charge in [0.05, 0.1) is 17.2 Å². The summed E-state index contributed by atoms with van der Waals surface area (Å²) in [6.07, 6.45) is 3.06. The molecule has 0 amide bonds. The maximum absolute atomic E-state index is 4.59. The summed E-state index contributed by atoms with van der Waals surface area (Å²) < 4.78 is 0. The summed E-state index contributed by atoms with van der Waals surface area (Å²) >= 11 is 3.63. The van der Waals surface area contributed by atoms with Crippen molar-refractivity contribution in [3.8, 4) is 0 Å². The molecule has 0 saturated carbocycles. The lowest BCUT2D eigenvalue weighted by atomic mass is 10.4. The first-order valence-corrected chi connectivity index (χ1v) is 9.15. The van der Waals surface area contributed by atoms with Crippen LogP contribution < -0.4 is 10.6 Å². The zero-order chi connectivity index (χ0) is 15.0. The standard InChI is InChI=1S/C14H26N4S2.HI/c1-6-15-14(17-9-10(2)19-5)16-8-7-13-18-11(3)12(4)20-13;/h10H,6-9H2,1-5H3,(H2,15,16,17);1H. The molecule has 122 valence electrons. The van der Waals surface area contributed by atoms with Crippen molar-refractivity contribution >= 4 is 53.0 Å². The summed E-state index contributed by atoms with van der Waals surface area (Å²) in [5, 5.41) is 8.40. The van der Waals surface area contributed by atoms with Crippen LogP contribution in [0.5, 0.6) is 0 Å². The molecule has 21 heavy (non-hydrogen) atoms. The molecule has 4 nitrogen and oxygen atoms in total. The second kappa shape index (κ2) is 11.5. The number of aryl methyl sites for hydroxylation is 2. The van der Waals surface area contributed by atoms with Gasteiger partial charge in [0.2, 0.25) is 0 Å². The van der Waals surface area contributed by atoms with Crippen molar-refractivity contribution in [1.29, 1.82) is 0 Å². The van der Waals surface area contributed by atoms with Crippen LogP contribution in [0.15, 0.2) is 4.99 Å². The largest absolute Gasteiger partial charge is 0.357 e. The molecule has 0 spiro atoms. The van der Waals surface area contributed by atoms with Crippen molar-refractivity contribution in [2.24, 2.45) is 4.99 Å². The minimum Gasteiger partial charge on any atom is -0.357 e. The van der Waals surface area contributed by atoms with Gasteiger partial charge in [0.25, 0.3) is 0 Å². The quantitative estimate of drug-likeness (QED) is 0.387. The third kappa shape index (κ3) is 8.25. The molecule has 1 heterocycles. The Bertz CT molecular complexity index is 415. The molecule has 1 rings (SSSR count). The van der Waals surface area contributed by atoms with E-state index in [1.54, 1.807) is 11.3 Å². The predicted molar refractivity (Wildman–Crippen MR) is 108 cm³/mol. The van der Waals surface area contributed by atoms with Crippen LogP contribution in [0.4, 0.5) is 0 Å². The van der Waals surface area contributed by atoms with Gasteiger partial charge in [-0.25, -0.2) is 4.98 Å². The van der Waals surface area contributed by atoms with Crippen LogP contribution >= 0.6 is 47.1 Å². The minimum atomic E-state index is 0. The number of halogens is 1. The molecule has 2 N–H and O–H groups in total. The van der Waals surface area contributed by atoms with E-state index in [0.717, 1.165) is 37.7 Å². The molecule has 0 saturated heterocycles. The van der Waals surface area contributed by atoms with Crippen LogP contribution in [0.25, 0.3) is 0 Å². The van der Waals surface area contributed by atoms with Crippen molar-refractivity contribution < 1.29 is 0 Å². The van der Waals surface area contributed by atoms with Crippen molar-refractivity contribution in [2.75, 3.05) is 25.9 Å². The Morgan fingerprint density at radius 3 is 2.62 bits per heavy atom. The lowest BCUT2D eigenvalue weighted by Gasteiger charge is -2.12. The average molecular weight is 442 g/mol. The molecule has 0 aliphatic rings. The highest BCUT2D eigenvalue weighted by atomic mass is 127. The molecular formula is C14H27IN4S2. The minimum absolute atomic E-state index is 0. The Labute approximate surface area is 154 Å². The third-order valence-electron chi connectivity index (χ3n) is 2.96. The van der Waals surface area contributed by atoms with Crippen LogP contribution in [0.3, 0.4) is 0 Å². The van der Waals surface area contributed by atoms with E-state index in [9.17, 15) is 0 Å². The van der Waals surface area contributed by atoms with E-state index in [-0.39, 0.29) is 24.0 Å². The molecule has 0 bridgehead atoms. The first-order chi connectivity index (χ1) is 9.56. The van der Waals surface area contributed by atoms with E-state index < -0.39 is 0 Å². The highest BCUT2D eigenvalue weighted by Crippen LogP contribution is 2.16. The lowest BCUT2D eigenvalue weighted by molar-refractivity contribution is 0.792. The lowest BCUT2D eigenvalue weighted by Crippen LogP contribution is -2.38. The fraction of sp³-hybridized carbons (Fsp3) is 0.714. The van der Waals surface area contributed by atoms with Gasteiger partial charge in [-0.3, -0.25) is 4.99 Å². The van der Waals surface area contributed by atoms with Gasteiger partial charge in [-0.2, -0.15) is 11.8 Å². The molecular weight excluding hydrogens is 415 g/mol. The molecule has 0 aromatic carbocycles. The van der Waals surface area contributed by atoms with E-state index in [1.807, 2.05) is 11.8 Å². The second-order valence-corrected chi connectivity index (χ2v) is 7.26. The number of nitrogens with one attached hydrogen (secondary N) is 2. The van der Waals surface area contributed by atoms with Crippen LogP contribution in [0, 0.1) is 13.8 Å². The van der Waals surface area contributed by atoms with Gasteiger partial charge < -0.3 is 10.6 Å². The van der Waals surface area contributed by atoms with Gasteiger partial charge in [0, 0.05) is 29.6 Å². The average Bonchev–Trinajstić information content (AvgIpc) is 2.74. The Balaban J connectivity index is 0.00000400. The molecule has 1 atom stereocenters. The van der Waals surface area contributed by atoms with Crippen molar-refractivity contribution in [2.45, 2.75) is 39.4 Å². The van der Waals surface area contributed by atoms with E-state index in [0.29, 0.717) is 5.25 Å². The fourth-order valence-corrected chi connectivity index (χ4v) is 2.73. The van der Waals surface area contributed by atoms with Gasteiger partial charge in [-0.1, -0.05) is 6.92 Å². The summed E-state index contributed by atoms with van der Waals surface area (Å²) in [7, 11) is 0. The van der Waals surface area contributed by atoms with E-state index >= 15 is 0 Å². The SMILES string of the molecule is CCNC(=NCC(C)SC)NCCc1nc(C)c(C)s1.I. The fourth-order valence-electron chi connectivity index (χ4n) is 1.57. The molecule has 0 aliphatic carbocycles. The highest BCUT2D eigenvalue weighted by molar-refractivity contribution is 14.0. The Kier molecular flexibility index (Phi) is 11.5. The van der Waals surface area contributed by atoms with Crippen molar-refractivity contribution in [3.05, 3.63) is 15.6 Å². The van der Waals surface area contributed by atoms with Crippen molar-refractivity contribution in [1.82, 2.24) is 15.6 Å². The number of rotatable bonds is 7. The molecule has 1 aromatic rings. The maximum atomic E-state index is 4.59. The summed E-state index contributed by atoms with van der Waals surface area (Å²) in [5.41, 5.74) is 1.15. The second-order valence-electron chi connectivity index (χ2n) is 4.69. The first-order valence-electron chi connectivity index (χ1n) is 7.04. The number of guanidine groups is 1. The molecule has 7 heteroatoms. The van der Waals surface area contributed by atoms with Crippen LogP contribution in [-0.4, -0.2) is 42.1 Å².